The Balaban J connectivity index is 1.25. The van der Waals surface area contributed by atoms with E-state index < -0.39 is 10.0 Å². The number of amides is 1. The fourth-order valence-electron chi connectivity index (χ4n) is 3.76. The van der Waals surface area contributed by atoms with Gasteiger partial charge in [-0.3, -0.25) is 9.89 Å². The Bertz CT molecular complexity index is 958. The Labute approximate surface area is 171 Å². The van der Waals surface area contributed by atoms with Crippen LogP contribution in [0.2, 0.25) is 0 Å². The standard InChI is InChI=1S/C20H27N5O3S/c1-21-29(27,28)17-7-2-14(3-8-17)4-9-18(26)25-12-10-16(11-13-25)20-22-19(23-24-20)15-5-6-15/h2-3,7-8,15-16,21H,4-6,9-13H2,1H3,(H,22,23,24). The summed E-state index contributed by atoms with van der Waals surface area (Å²) in [4.78, 5) is 19.4. The molecule has 8 nitrogen and oxygen atoms in total. The van der Waals surface area contributed by atoms with Crippen molar-refractivity contribution in [3.05, 3.63) is 41.5 Å². The number of hydrogen-bond acceptors (Lipinski definition) is 5. The largest absolute Gasteiger partial charge is 0.343 e. The number of H-pyrrole nitrogens is 1. The highest BCUT2D eigenvalue weighted by atomic mass is 32.2. The number of piperidine rings is 1. The Morgan fingerprint density at radius 1 is 1.14 bits per heavy atom. The molecule has 2 aliphatic rings. The van der Waals surface area contributed by atoms with Crippen LogP contribution in [0.4, 0.5) is 0 Å². The van der Waals surface area contributed by atoms with Gasteiger partial charge in [0.25, 0.3) is 0 Å². The van der Waals surface area contributed by atoms with Crippen LogP contribution in [0.15, 0.2) is 29.2 Å². The van der Waals surface area contributed by atoms with Crippen LogP contribution >= 0.6 is 0 Å². The van der Waals surface area contributed by atoms with Crippen molar-refractivity contribution >= 4 is 15.9 Å². The van der Waals surface area contributed by atoms with Crippen molar-refractivity contribution in [3.8, 4) is 0 Å². The van der Waals surface area contributed by atoms with Crippen LogP contribution in [-0.4, -0.2) is 54.5 Å². The lowest BCUT2D eigenvalue weighted by molar-refractivity contribution is -0.132. The van der Waals surface area contributed by atoms with Gasteiger partial charge in [0, 0.05) is 31.3 Å². The first-order valence-corrected chi connectivity index (χ1v) is 11.7. The first-order chi connectivity index (χ1) is 14.0. The number of aromatic amines is 1. The van der Waals surface area contributed by atoms with E-state index in [1.165, 1.54) is 19.9 Å². The molecule has 9 heteroatoms. The van der Waals surface area contributed by atoms with E-state index >= 15 is 0 Å². The van der Waals surface area contributed by atoms with Gasteiger partial charge in [-0.25, -0.2) is 18.1 Å². The van der Waals surface area contributed by atoms with E-state index in [0.717, 1.165) is 43.1 Å². The van der Waals surface area contributed by atoms with Crippen LogP contribution in [0.3, 0.4) is 0 Å². The monoisotopic (exact) mass is 417 g/mol. The van der Waals surface area contributed by atoms with Crippen molar-refractivity contribution < 1.29 is 13.2 Å². The molecule has 1 saturated carbocycles. The molecule has 1 aromatic heterocycles. The molecule has 0 atom stereocenters. The van der Waals surface area contributed by atoms with E-state index in [4.69, 9.17) is 0 Å². The van der Waals surface area contributed by atoms with E-state index in [2.05, 4.69) is 19.9 Å². The van der Waals surface area contributed by atoms with Gasteiger partial charge in [-0.15, -0.1) is 0 Å². The zero-order valence-corrected chi connectivity index (χ0v) is 17.4. The van der Waals surface area contributed by atoms with Gasteiger partial charge in [-0.1, -0.05) is 12.1 Å². The highest BCUT2D eigenvalue weighted by Crippen LogP contribution is 2.38. The number of carbonyl (C=O) groups excluding carboxylic acids is 1. The molecule has 2 N–H and O–H groups in total. The van der Waals surface area contributed by atoms with Crippen LogP contribution in [0.25, 0.3) is 0 Å². The molecule has 0 radical (unpaired) electrons. The van der Waals surface area contributed by atoms with Gasteiger partial charge in [0.15, 0.2) is 5.82 Å². The van der Waals surface area contributed by atoms with E-state index in [1.54, 1.807) is 24.3 Å². The lowest BCUT2D eigenvalue weighted by atomic mass is 9.95. The number of sulfonamides is 1. The number of nitrogens with one attached hydrogen (secondary N) is 2. The number of rotatable bonds is 7. The second kappa shape index (κ2) is 8.23. The van der Waals surface area contributed by atoms with Crippen molar-refractivity contribution in [2.75, 3.05) is 20.1 Å². The Morgan fingerprint density at radius 2 is 1.83 bits per heavy atom. The molecule has 1 saturated heterocycles. The van der Waals surface area contributed by atoms with Crippen LogP contribution in [0.1, 0.15) is 61.2 Å². The maximum atomic E-state index is 12.6. The molecule has 2 aromatic rings. The van der Waals surface area contributed by atoms with Crippen molar-refractivity contribution in [1.29, 1.82) is 0 Å². The Hall–Kier alpha value is -2.26. The summed E-state index contributed by atoms with van der Waals surface area (Å²) >= 11 is 0. The molecule has 156 valence electrons. The zero-order valence-electron chi connectivity index (χ0n) is 16.6. The van der Waals surface area contributed by atoms with E-state index in [1.807, 2.05) is 4.90 Å². The minimum absolute atomic E-state index is 0.145. The lowest BCUT2D eigenvalue weighted by Crippen LogP contribution is -2.38. The summed E-state index contributed by atoms with van der Waals surface area (Å²) in [5.74, 6) is 2.96. The highest BCUT2D eigenvalue weighted by molar-refractivity contribution is 7.89. The van der Waals surface area contributed by atoms with Crippen molar-refractivity contribution in [2.24, 2.45) is 0 Å². The van der Waals surface area contributed by atoms with Gasteiger partial charge in [0.1, 0.15) is 5.82 Å². The molecule has 29 heavy (non-hydrogen) atoms. The minimum Gasteiger partial charge on any atom is -0.343 e. The van der Waals surface area contributed by atoms with Gasteiger partial charge in [0.2, 0.25) is 15.9 Å². The highest BCUT2D eigenvalue weighted by Gasteiger charge is 2.30. The summed E-state index contributed by atoms with van der Waals surface area (Å²) in [6.07, 6.45) is 5.22. The van der Waals surface area contributed by atoms with Gasteiger partial charge in [0.05, 0.1) is 4.90 Å². The molecule has 1 aliphatic carbocycles. The molecular weight excluding hydrogens is 390 g/mol. The van der Waals surface area contributed by atoms with Crippen LogP contribution in [-0.2, 0) is 21.2 Å². The summed E-state index contributed by atoms with van der Waals surface area (Å²) in [7, 11) is -2.04. The molecule has 1 aromatic carbocycles. The second-order valence-electron chi connectivity index (χ2n) is 7.86. The smallest absolute Gasteiger partial charge is 0.240 e. The van der Waals surface area contributed by atoms with Crippen LogP contribution in [0, 0.1) is 0 Å². The molecular formula is C20H27N5O3S. The van der Waals surface area contributed by atoms with E-state index in [0.29, 0.717) is 24.7 Å². The molecule has 1 amide bonds. The van der Waals surface area contributed by atoms with E-state index in [9.17, 15) is 13.2 Å². The maximum absolute atomic E-state index is 12.6. The van der Waals surface area contributed by atoms with Crippen LogP contribution < -0.4 is 4.72 Å². The molecule has 0 bridgehead atoms. The predicted octanol–water partition coefficient (Wildman–Crippen LogP) is 1.93. The number of hydrogen-bond donors (Lipinski definition) is 2. The third-order valence-electron chi connectivity index (χ3n) is 5.83. The number of nitrogens with zero attached hydrogens (tertiary/aromatic N) is 3. The summed E-state index contributed by atoms with van der Waals surface area (Å²) in [5, 5.41) is 7.43. The summed E-state index contributed by atoms with van der Waals surface area (Å²) in [6, 6.07) is 6.69. The third-order valence-corrected chi connectivity index (χ3v) is 7.26. The lowest BCUT2D eigenvalue weighted by Gasteiger charge is -2.31. The maximum Gasteiger partial charge on any atom is 0.240 e. The second-order valence-corrected chi connectivity index (χ2v) is 9.75. The fraction of sp³-hybridized carbons (Fsp3) is 0.550. The number of aromatic nitrogens is 3. The molecule has 4 rings (SSSR count). The average molecular weight is 418 g/mol. The number of likely N-dealkylation sites (tertiary alicyclic amines) is 1. The fourth-order valence-corrected chi connectivity index (χ4v) is 4.49. The number of benzene rings is 1. The molecule has 0 unspecified atom stereocenters. The Morgan fingerprint density at radius 3 is 2.45 bits per heavy atom. The predicted molar refractivity (Wildman–Crippen MR) is 108 cm³/mol. The molecule has 1 aliphatic heterocycles. The normalized spacial score (nSPS) is 18.2. The van der Waals surface area contributed by atoms with Crippen molar-refractivity contribution in [2.45, 2.75) is 55.3 Å². The van der Waals surface area contributed by atoms with E-state index in [-0.39, 0.29) is 10.8 Å². The zero-order chi connectivity index (χ0) is 20.4. The minimum atomic E-state index is -3.43. The quantitative estimate of drug-likeness (QED) is 0.716. The Kier molecular flexibility index (Phi) is 5.69. The summed E-state index contributed by atoms with van der Waals surface area (Å²) in [6.45, 7) is 1.48. The van der Waals surface area contributed by atoms with Gasteiger partial charge < -0.3 is 4.90 Å². The SMILES string of the molecule is CNS(=O)(=O)c1ccc(CCC(=O)N2CCC(c3nc(C4CC4)n[nH]3)CC2)cc1. The van der Waals surface area contributed by atoms with Crippen molar-refractivity contribution in [3.63, 3.8) is 0 Å². The number of carbonyl (C=O) groups is 1. The summed E-state index contributed by atoms with van der Waals surface area (Å²) in [5.41, 5.74) is 0.956. The van der Waals surface area contributed by atoms with Gasteiger partial charge in [-0.05, 0) is 56.8 Å². The van der Waals surface area contributed by atoms with Gasteiger partial charge >= 0.3 is 0 Å². The van der Waals surface area contributed by atoms with Crippen molar-refractivity contribution in [1.82, 2.24) is 24.8 Å². The molecule has 2 fully saturated rings. The van der Waals surface area contributed by atoms with Gasteiger partial charge in [-0.2, -0.15) is 5.10 Å². The summed E-state index contributed by atoms with van der Waals surface area (Å²) < 4.78 is 25.8. The van der Waals surface area contributed by atoms with Crippen LogP contribution in [0.5, 0.6) is 0 Å². The molecule has 2 heterocycles. The number of aryl methyl sites for hydroxylation is 1. The average Bonchev–Trinajstić information content (AvgIpc) is 3.49. The third kappa shape index (κ3) is 4.67. The topological polar surface area (TPSA) is 108 Å². The first-order valence-electron chi connectivity index (χ1n) is 10.2. The molecule has 0 spiro atoms. The first kappa shape index (κ1) is 20.0.